The zero-order valence-corrected chi connectivity index (χ0v) is 14.4. The normalized spacial score (nSPS) is 12.1. The molecule has 0 saturated heterocycles. The number of rotatable bonds is 5. The number of hydrogen-bond acceptors (Lipinski definition) is 4. The Morgan fingerprint density at radius 1 is 1.05 bits per heavy atom. The Morgan fingerprint density at radius 3 is 2.30 bits per heavy atom. The van der Waals surface area contributed by atoms with Gasteiger partial charge in [0, 0.05) is 5.56 Å². The number of thiophene rings is 1. The molecule has 0 N–H and O–H groups in total. The number of benzene rings is 1. The highest BCUT2D eigenvalue weighted by Gasteiger charge is 2.22. The van der Waals surface area contributed by atoms with Gasteiger partial charge in [-0.1, -0.05) is 0 Å². The van der Waals surface area contributed by atoms with Gasteiger partial charge in [0.25, 0.3) is 0 Å². The molecule has 0 fully saturated rings. The van der Waals surface area contributed by atoms with Crippen LogP contribution in [0.1, 0.15) is 15.8 Å². The first-order valence-corrected chi connectivity index (χ1v) is 7.90. The molecule has 0 saturated carbocycles. The number of ether oxygens (including phenoxy) is 3. The summed E-state index contributed by atoms with van der Waals surface area (Å²) in [5.74, 6) is 2.19. The van der Waals surface area contributed by atoms with Gasteiger partial charge in [-0.15, -0.1) is 22.9 Å². The highest BCUT2D eigenvalue weighted by Crippen LogP contribution is 2.45. The fourth-order valence-electron chi connectivity index (χ4n) is 1.89. The van der Waals surface area contributed by atoms with Crippen LogP contribution in [0.5, 0.6) is 17.2 Å². The van der Waals surface area contributed by atoms with Gasteiger partial charge in [0.15, 0.2) is 0 Å². The van der Waals surface area contributed by atoms with Crippen molar-refractivity contribution in [1.29, 1.82) is 0 Å². The lowest BCUT2D eigenvalue weighted by molar-refractivity contribution is 0.396. The summed E-state index contributed by atoms with van der Waals surface area (Å²) in [5.41, 5.74) is 0.843. The monoisotopic (exact) mass is 376 g/mol. The van der Waals surface area contributed by atoms with Crippen LogP contribution in [0.15, 0.2) is 28.1 Å². The Morgan fingerprint density at radius 2 is 1.70 bits per heavy atom. The van der Waals surface area contributed by atoms with Crippen LogP contribution in [-0.2, 0) is 0 Å². The molecule has 0 radical (unpaired) electrons. The van der Waals surface area contributed by atoms with Crippen LogP contribution in [0.25, 0.3) is 0 Å². The van der Waals surface area contributed by atoms with Crippen molar-refractivity contribution in [2.75, 3.05) is 21.3 Å². The molecule has 0 aliphatic carbocycles. The smallest absolute Gasteiger partial charge is 0.134 e. The maximum atomic E-state index is 6.60. The Bertz CT molecular complexity index is 600. The molecule has 1 heterocycles. The molecule has 0 bridgehead atoms. The first kappa shape index (κ1) is 15.5. The minimum atomic E-state index is -0.359. The third-order valence-corrected chi connectivity index (χ3v) is 5.05. The number of methoxy groups -OCH3 is 3. The van der Waals surface area contributed by atoms with E-state index in [1.54, 1.807) is 32.7 Å². The summed E-state index contributed by atoms with van der Waals surface area (Å²) in [6.45, 7) is 0. The quantitative estimate of drug-likeness (QED) is 0.696. The first-order valence-electron chi connectivity index (χ1n) is 5.79. The van der Waals surface area contributed by atoms with E-state index < -0.39 is 0 Å². The third-order valence-electron chi connectivity index (χ3n) is 2.88. The van der Waals surface area contributed by atoms with Crippen LogP contribution in [0, 0.1) is 0 Å². The maximum absolute atomic E-state index is 6.60. The predicted octanol–water partition coefficient (Wildman–Crippen LogP) is 4.86. The molecule has 6 heteroatoms. The van der Waals surface area contributed by atoms with Crippen LogP contribution < -0.4 is 14.2 Å². The lowest BCUT2D eigenvalue weighted by Gasteiger charge is -2.16. The Labute approximate surface area is 135 Å². The van der Waals surface area contributed by atoms with E-state index in [4.69, 9.17) is 25.8 Å². The molecule has 108 valence electrons. The van der Waals surface area contributed by atoms with Crippen molar-refractivity contribution >= 4 is 38.9 Å². The third kappa shape index (κ3) is 2.90. The number of hydrogen-bond donors (Lipinski definition) is 0. The molecule has 0 aliphatic rings. The van der Waals surface area contributed by atoms with Gasteiger partial charge >= 0.3 is 0 Å². The molecule has 0 amide bonds. The summed E-state index contributed by atoms with van der Waals surface area (Å²) in [4.78, 5) is 0.942. The van der Waals surface area contributed by atoms with Crippen molar-refractivity contribution in [3.05, 3.63) is 38.5 Å². The van der Waals surface area contributed by atoms with Gasteiger partial charge in [-0.25, -0.2) is 0 Å². The topological polar surface area (TPSA) is 27.7 Å². The van der Waals surface area contributed by atoms with E-state index in [9.17, 15) is 0 Å². The van der Waals surface area contributed by atoms with E-state index in [0.717, 1.165) is 20.7 Å². The fourth-order valence-corrected chi connectivity index (χ4v) is 3.65. The van der Waals surface area contributed by atoms with E-state index in [1.165, 1.54) is 0 Å². The second-order valence-electron chi connectivity index (χ2n) is 3.94. The van der Waals surface area contributed by atoms with Crippen LogP contribution in [0.2, 0.25) is 0 Å². The summed E-state index contributed by atoms with van der Waals surface area (Å²) in [7, 11) is 4.87. The molecule has 1 unspecified atom stereocenters. The highest BCUT2D eigenvalue weighted by atomic mass is 79.9. The van der Waals surface area contributed by atoms with Crippen molar-refractivity contribution in [2.24, 2.45) is 0 Å². The summed E-state index contributed by atoms with van der Waals surface area (Å²) in [6.07, 6.45) is 0. The Hall–Kier alpha value is -0.910. The van der Waals surface area contributed by atoms with E-state index in [1.807, 2.05) is 23.6 Å². The predicted molar refractivity (Wildman–Crippen MR) is 85.8 cm³/mol. The van der Waals surface area contributed by atoms with E-state index in [0.29, 0.717) is 11.5 Å². The standard InChI is InChI=1S/C14H14BrClO3S/c1-17-10-4-5-20-14(10)13(16)8-6-12(19-3)9(15)7-11(8)18-2/h4-7,13H,1-3H3. The number of alkyl halides is 1. The molecule has 20 heavy (non-hydrogen) atoms. The average molecular weight is 378 g/mol. The van der Waals surface area contributed by atoms with Crippen molar-refractivity contribution in [1.82, 2.24) is 0 Å². The maximum Gasteiger partial charge on any atom is 0.134 e. The largest absolute Gasteiger partial charge is 0.496 e. The summed E-state index contributed by atoms with van der Waals surface area (Å²) in [5, 5.41) is 1.59. The molecular formula is C14H14BrClO3S. The van der Waals surface area contributed by atoms with Gasteiger partial charge in [-0.2, -0.15) is 0 Å². The summed E-state index contributed by atoms with van der Waals surface area (Å²) in [6, 6.07) is 5.63. The molecular weight excluding hydrogens is 364 g/mol. The molecule has 2 aromatic rings. The highest BCUT2D eigenvalue weighted by molar-refractivity contribution is 9.10. The molecule has 1 atom stereocenters. The van der Waals surface area contributed by atoms with Crippen molar-refractivity contribution in [3.8, 4) is 17.2 Å². The van der Waals surface area contributed by atoms with Gasteiger partial charge in [0.2, 0.25) is 0 Å². The van der Waals surface area contributed by atoms with Crippen LogP contribution in [-0.4, -0.2) is 21.3 Å². The van der Waals surface area contributed by atoms with Crippen molar-refractivity contribution < 1.29 is 14.2 Å². The van der Waals surface area contributed by atoms with Crippen LogP contribution >= 0.6 is 38.9 Å². The average Bonchev–Trinajstić information content (AvgIpc) is 2.94. The minimum Gasteiger partial charge on any atom is -0.496 e. The molecule has 2 rings (SSSR count). The SMILES string of the molecule is COc1cc(C(Cl)c2sccc2OC)c(OC)cc1Br. The number of halogens is 2. The Kier molecular flexibility index (Phi) is 5.18. The van der Waals surface area contributed by atoms with E-state index in [2.05, 4.69) is 15.9 Å². The molecule has 1 aromatic heterocycles. The first-order chi connectivity index (χ1) is 9.62. The molecule has 1 aromatic carbocycles. The zero-order valence-electron chi connectivity index (χ0n) is 11.3. The Balaban J connectivity index is 2.50. The van der Waals surface area contributed by atoms with Gasteiger partial charge < -0.3 is 14.2 Å². The van der Waals surface area contributed by atoms with Crippen molar-refractivity contribution in [2.45, 2.75) is 5.38 Å². The van der Waals surface area contributed by atoms with E-state index >= 15 is 0 Å². The minimum absolute atomic E-state index is 0.359. The van der Waals surface area contributed by atoms with Gasteiger partial charge in [-0.3, -0.25) is 0 Å². The van der Waals surface area contributed by atoms with E-state index in [-0.39, 0.29) is 5.38 Å². The second-order valence-corrected chi connectivity index (χ2v) is 6.18. The summed E-state index contributed by atoms with van der Waals surface area (Å²) < 4.78 is 16.9. The van der Waals surface area contributed by atoms with Gasteiger partial charge in [-0.05, 0) is 39.5 Å². The second kappa shape index (κ2) is 6.70. The fraction of sp³-hybridized carbons (Fsp3) is 0.286. The van der Waals surface area contributed by atoms with Crippen molar-refractivity contribution in [3.63, 3.8) is 0 Å². The van der Waals surface area contributed by atoms with Gasteiger partial charge in [0.1, 0.15) is 22.6 Å². The lowest BCUT2D eigenvalue weighted by Crippen LogP contribution is -1.99. The lowest BCUT2D eigenvalue weighted by atomic mass is 10.1. The van der Waals surface area contributed by atoms with Gasteiger partial charge in [0.05, 0.1) is 30.7 Å². The molecule has 3 nitrogen and oxygen atoms in total. The molecule has 0 aliphatic heterocycles. The summed E-state index contributed by atoms with van der Waals surface area (Å²) >= 11 is 11.6. The molecule has 0 spiro atoms. The van der Waals surface area contributed by atoms with Crippen LogP contribution in [0.4, 0.5) is 0 Å². The van der Waals surface area contributed by atoms with Crippen LogP contribution in [0.3, 0.4) is 0 Å². The zero-order chi connectivity index (χ0) is 14.7.